The Morgan fingerprint density at radius 3 is 2.95 bits per heavy atom. The number of carbonyl (C=O) groups is 1. The fourth-order valence-corrected chi connectivity index (χ4v) is 2.80. The van der Waals surface area contributed by atoms with Crippen LogP contribution in [0.1, 0.15) is 12.0 Å². The topological polar surface area (TPSA) is 48.0 Å². The summed E-state index contributed by atoms with van der Waals surface area (Å²) in [5.74, 6) is 0.191. The van der Waals surface area contributed by atoms with Crippen LogP contribution in [-0.4, -0.2) is 50.2 Å². The lowest BCUT2D eigenvalue weighted by Gasteiger charge is -2.21. The second-order valence-electron chi connectivity index (χ2n) is 5.60. The first-order chi connectivity index (χ1) is 10.2. The number of hydrogen-bond donors (Lipinski definition) is 0. The molecule has 0 aliphatic carbocycles. The Labute approximate surface area is 124 Å². The molecule has 0 saturated carbocycles. The summed E-state index contributed by atoms with van der Waals surface area (Å²) in [5, 5.41) is 0. The smallest absolute Gasteiger partial charge is 0.409 e. The average molecular weight is 291 g/mol. The summed E-state index contributed by atoms with van der Waals surface area (Å²) in [6.07, 6.45) is 1.08. The average Bonchev–Trinajstić information content (AvgIpc) is 3.11. The molecule has 5 nitrogen and oxygen atoms in total. The third-order valence-corrected chi connectivity index (χ3v) is 4.13. The van der Waals surface area contributed by atoms with Crippen molar-refractivity contribution >= 4 is 6.09 Å². The van der Waals surface area contributed by atoms with Gasteiger partial charge in [0.05, 0.1) is 19.1 Å². The summed E-state index contributed by atoms with van der Waals surface area (Å²) in [7, 11) is 1.77. The zero-order chi connectivity index (χ0) is 14.7. The van der Waals surface area contributed by atoms with Crippen LogP contribution in [0.2, 0.25) is 0 Å². The van der Waals surface area contributed by atoms with Crippen molar-refractivity contribution in [1.29, 1.82) is 0 Å². The van der Waals surface area contributed by atoms with Gasteiger partial charge in [0.15, 0.2) is 6.29 Å². The molecule has 5 heteroatoms. The number of amides is 1. The molecule has 0 spiro atoms. The number of likely N-dealkylation sites (N-methyl/N-ethyl adjacent to an activating group) is 1. The van der Waals surface area contributed by atoms with Crippen molar-refractivity contribution < 1.29 is 19.0 Å². The van der Waals surface area contributed by atoms with Crippen LogP contribution in [0.25, 0.3) is 0 Å². The maximum Gasteiger partial charge on any atom is 0.409 e. The Kier molecular flexibility index (Phi) is 4.41. The number of fused-ring (bicyclic) bond motifs is 1. The minimum atomic E-state index is -0.285. The van der Waals surface area contributed by atoms with E-state index in [1.807, 2.05) is 18.2 Å². The highest BCUT2D eigenvalue weighted by molar-refractivity contribution is 5.67. The predicted molar refractivity (Wildman–Crippen MR) is 76.8 cm³/mol. The minimum absolute atomic E-state index is 0.177. The van der Waals surface area contributed by atoms with E-state index in [9.17, 15) is 4.79 Å². The summed E-state index contributed by atoms with van der Waals surface area (Å²) in [6.45, 7) is 1.77. The first-order valence-electron chi connectivity index (χ1n) is 7.43. The maximum atomic E-state index is 12.1. The van der Waals surface area contributed by atoms with E-state index in [1.54, 1.807) is 11.9 Å². The van der Waals surface area contributed by atoms with E-state index >= 15 is 0 Å². The summed E-state index contributed by atoms with van der Waals surface area (Å²) in [5.41, 5.74) is 1.21. The van der Waals surface area contributed by atoms with E-state index < -0.39 is 0 Å². The third kappa shape index (κ3) is 3.36. The van der Waals surface area contributed by atoms with Gasteiger partial charge in [-0.3, -0.25) is 0 Å². The van der Waals surface area contributed by atoms with Gasteiger partial charge in [0, 0.05) is 13.6 Å². The minimum Gasteiger partial charge on any atom is -0.443 e. The fraction of sp³-hybridized carbons (Fsp3) is 0.562. The zero-order valence-corrected chi connectivity index (χ0v) is 12.2. The molecule has 2 unspecified atom stereocenters. The van der Waals surface area contributed by atoms with Crippen LogP contribution in [-0.2, 0) is 20.6 Å². The second kappa shape index (κ2) is 6.45. The molecule has 0 radical (unpaired) electrons. The molecule has 114 valence electrons. The Bertz CT molecular complexity index is 478. The Balaban J connectivity index is 1.46. The molecule has 0 bridgehead atoms. The monoisotopic (exact) mass is 291 g/mol. The summed E-state index contributed by atoms with van der Waals surface area (Å²) in [4.78, 5) is 13.7. The normalized spacial score (nSPS) is 27.4. The van der Waals surface area contributed by atoms with Crippen LogP contribution in [0.15, 0.2) is 30.3 Å². The van der Waals surface area contributed by atoms with Gasteiger partial charge >= 0.3 is 6.09 Å². The van der Waals surface area contributed by atoms with E-state index in [4.69, 9.17) is 14.2 Å². The van der Waals surface area contributed by atoms with Crippen molar-refractivity contribution in [2.24, 2.45) is 5.92 Å². The van der Waals surface area contributed by atoms with Crippen molar-refractivity contribution in [3.63, 3.8) is 0 Å². The first-order valence-corrected chi connectivity index (χ1v) is 7.43. The molecule has 1 aromatic carbocycles. The highest BCUT2D eigenvalue weighted by Crippen LogP contribution is 2.33. The molecule has 21 heavy (non-hydrogen) atoms. The van der Waals surface area contributed by atoms with Gasteiger partial charge in [-0.25, -0.2) is 4.79 Å². The molecular weight excluding hydrogens is 270 g/mol. The number of hydrogen-bond acceptors (Lipinski definition) is 4. The number of rotatable bonds is 4. The number of carbonyl (C=O) groups excluding carboxylic acids is 1. The molecule has 1 amide bonds. The van der Waals surface area contributed by atoms with Crippen LogP contribution >= 0.6 is 0 Å². The van der Waals surface area contributed by atoms with E-state index in [0.29, 0.717) is 19.8 Å². The highest BCUT2D eigenvalue weighted by atomic mass is 16.7. The van der Waals surface area contributed by atoms with Crippen molar-refractivity contribution in [1.82, 2.24) is 4.90 Å². The lowest BCUT2D eigenvalue weighted by atomic mass is 10.0. The van der Waals surface area contributed by atoms with E-state index in [-0.39, 0.29) is 24.4 Å². The van der Waals surface area contributed by atoms with Crippen molar-refractivity contribution in [2.75, 3.05) is 26.8 Å². The lowest BCUT2D eigenvalue weighted by Crippen LogP contribution is -2.35. The van der Waals surface area contributed by atoms with Gasteiger partial charge in [0.25, 0.3) is 0 Å². The van der Waals surface area contributed by atoms with Gasteiger partial charge in [0.2, 0.25) is 0 Å². The quantitative estimate of drug-likeness (QED) is 0.852. The lowest BCUT2D eigenvalue weighted by molar-refractivity contribution is -0.0907. The SMILES string of the molecule is CN(CCc1ccccc1)C(=O)O[C@@H]1COC2OCCC21. The zero-order valence-electron chi connectivity index (χ0n) is 12.2. The molecule has 2 aliphatic rings. The molecule has 3 rings (SSSR count). The summed E-state index contributed by atoms with van der Waals surface area (Å²) in [6, 6.07) is 10.1. The molecule has 1 aromatic rings. The summed E-state index contributed by atoms with van der Waals surface area (Å²) < 4.78 is 16.5. The standard InChI is InChI=1S/C16H21NO4/c1-17(9-7-12-5-3-2-4-6-12)16(18)21-14-11-20-15-13(14)8-10-19-15/h2-6,13-15H,7-11H2,1H3/t13?,14-,15?/m1/s1. The number of nitrogens with zero attached hydrogens (tertiary/aromatic N) is 1. The molecule has 2 heterocycles. The number of benzene rings is 1. The van der Waals surface area contributed by atoms with Gasteiger partial charge in [-0.2, -0.15) is 0 Å². The first kappa shape index (κ1) is 14.4. The Hall–Kier alpha value is -1.59. The Morgan fingerprint density at radius 2 is 2.14 bits per heavy atom. The molecule has 2 fully saturated rings. The molecule has 3 atom stereocenters. The molecule has 0 aromatic heterocycles. The van der Waals surface area contributed by atoms with Gasteiger partial charge in [-0.15, -0.1) is 0 Å². The van der Waals surface area contributed by atoms with Crippen molar-refractivity contribution in [3.8, 4) is 0 Å². The van der Waals surface area contributed by atoms with Gasteiger partial charge in [-0.05, 0) is 18.4 Å². The van der Waals surface area contributed by atoms with E-state index in [2.05, 4.69) is 12.1 Å². The molecule has 2 saturated heterocycles. The fourth-order valence-electron chi connectivity index (χ4n) is 2.80. The maximum absolute atomic E-state index is 12.1. The van der Waals surface area contributed by atoms with Gasteiger partial charge in [-0.1, -0.05) is 30.3 Å². The number of ether oxygens (including phenoxy) is 3. The van der Waals surface area contributed by atoms with Gasteiger partial charge < -0.3 is 19.1 Å². The second-order valence-corrected chi connectivity index (χ2v) is 5.60. The van der Waals surface area contributed by atoms with Crippen LogP contribution < -0.4 is 0 Å². The Morgan fingerprint density at radius 1 is 1.33 bits per heavy atom. The predicted octanol–water partition coefficient (Wildman–Crippen LogP) is 2.06. The van der Waals surface area contributed by atoms with E-state index in [1.165, 1.54) is 5.56 Å². The highest BCUT2D eigenvalue weighted by Gasteiger charge is 2.44. The largest absolute Gasteiger partial charge is 0.443 e. The van der Waals surface area contributed by atoms with Crippen molar-refractivity contribution in [3.05, 3.63) is 35.9 Å². The molecule has 2 aliphatic heterocycles. The van der Waals surface area contributed by atoms with Gasteiger partial charge in [0.1, 0.15) is 6.10 Å². The van der Waals surface area contributed by atoms with Crippen LogP contribution in [0.5, 0.6) is 0 Å². The third-order valence-electron chi connectivity index (χ3n) is 4.13. The van der Waals surface area contributed by atoms with E-state index in [0.717, 1.165) is 12.8 Å². The van der Waals surface area contributed by atoms with Crippen LogP contribution in [0, 0.1) is 5.92 Å². The molecule has 0 N–H and O–H groups in total. The van der Waals surface area contributed by atoms with Crippen molar-refractivity contribution in [2.45, 2.75) is 25.2 Å². The van der Waals surface area contributed by atoms with Crippen LogP contribution in [0.3, 0.4) is 0 Å². The summed E-state index contributed by atoms with van der Waals surface area (Å²) >= 11 is 0. The molecular formula is C16H21NO4. The van der Waals surface area contributed by atoms with Crippen LogP contribution in [0.4, 0.5) is 4.79 Å².